The predicted molar refractivity (Wildman–Crippen MR) is 107 cm³/mol. The molecule has 3 N–H and O–H groups in total. The van der Waals surface area contributed by atoms with Gasteiger partial charge in [-0.05, 0) is 42.7 Å². The minimum Gasteiger partial charge on any atom is -0.366 e. The topological polar surface area (TPSA) is 110 Å². The van der Waals surface area contributed by atoms with E-state index in [1.807, 2.05) is 0 Å². The molecule has 1 fully saturated rings. The van der Waals surface area contributed by atoms with Crippen LogP contribution in [0.3, 0.4) is 0 Å². The fourth-order valence-corrected chi connectivity index (χ4v) is 4.81. The van der Waals surface area contributed by atoms with Crippen LogP contribution in [0.5, 0.6) is 0 Å². The number of amides is 2. The number of nitrogens with zero attached hydrogens (tertiary/aromatic N) is 1. The zero-order valence-electron chi connectivity index (χ0n) is 15.4. The number of carbonyl (C=O) groups is 2. The maximum absolute atomic E-state index is 12.5. The summed E-state index contributed by atoms with van der Waals surface area (Å²) in [6, 6.07) is 12.9. The summed E-state index contributed by atoms with van der Waals surface area (Å²) in [7, 11) is -3.35. The molecule has 7 nitrogen and oxygen atoms in total. The van der Waals surface area contributed by atoms with Gasteiger partial charge in [-0.15, -0.1) is 0 Å². The first-order valence-corrected chi connectivity index (χ1v) is 10.7. The number of piperidine rings is 1. The molecule has 2 amide bonds. The van der Waals surface area contributed by atoms with E-state index in [9.17, 15) is 18.0 Å². The van der Waals surface area contributed by atoms with Gasteiger partial charge in [0, 0.05) is 18.7 Å². The van der Waals surface area contributed by atoms with Crippen LogP contribution >= 0.6 is 0 Å². The maximum Gasteiger partial charge on any atom is 0.255 e. The summed E-state index contributed by atoms with van der Waals surface area (Å²) in [6.07, 6.45) is 2.85. The van der Waals surface area contributed by atoms with E-state index in [1.165, 1.54) is 10.4 Å². The van der Waals surface area contributed by atoms with Crippen molar-refractivity contribution in [3.63, 3.8) is 0 Å². The zero-order chi connectivity index (χ0) is 20.1. The van der Waals surface area contributed by atoms with Crippen molar-refractivity contribution in [3.8, 4) is 0 Å². The van der Waals surface area contributed by atoms with Crippen LogP contribution in [-0.4, -0.2) is 37.6 Å². The lowest BCUT2D eigenvalue weighted by Gasteiger charge is -2.25. The van der Waals surface area contributed by atoms with Crippen LogP contribution in [0.2, 0.25) is 0 Å². The van der Waals surface area contributed by atoms with Crippen LogP contribution in [0.25, 0.3) is 0 Å². The summed E-state index contributed by atoms with van der Waals surface area (Å²) >= 11 is 0. The second-order valence-corrected chi connectivity index (χ2v) is 8.75. The minimum absolute atomic E-state index is 0.0839. The fraction of sp³-hybridized carbons (Fsp3) is 0.300. The molecule has 1 aliphatic rings. The molecule has 0 atom stereocenters. The van der Waals surface area contributed by atoms with E-state index in [2.05, 4.69) is 5.32 Å². The number of para-hydroxylation sites is 1. The van der Waals surface area contributed by atoms with Gasteiger partial charge < -0.3 is 11.1 Å². The Labute approximate surface area is 164 Å². The molecule has 1 heterocycles. The molecule has 1 aliphatic heterocycles. The highest BCUT2D eigenvalue weighted by Crippen LogP contribution is 2.19. The summed E-state index contributed by atoms with van der Waals surface area (Å²) < 4.78 is 26.6. The molecule has 148 valence electrons. The average molecular weight is 401 g/mol. The Balaban J connectivity index is 1.69. The van der Waals surface area contributed by atoms with Crippen LogP contribution in [0, 0.1) is 0 Å². The van der Waals surface area contributed by atoms with Crippen molar-refractivity contribution in [1.82, 2.24) is 4.31 Å². The van der Waals surface area contributed by atoms with Crippen molar-refractivity contribution < 1.29 is 18.0 Å². The number of benzene rings is 2. The average Bonchev–Trinajstić information content (AvgIpc) is 2.69. The molecule has 3 rings (SSSR count). The number of anilines is 1. The first kappa shape index (κ1) is 20.0. The Kier molecular flexibility index (Phi) is 6.11. The smallest absolute Gasteiger partial charge is 0.255 e. The quantitative estimate of drug-likeness (QED) is 0.774. The number of primary amides is 1. The van der Waals surface area contributed by atoms with Crippen molar-refractivity contribution in [2.24, 2.45) is 5.73 Å². The first-order chi connectivity index (χ1) is 13.4. The second kappa shape index (κ2) is 8.53. The molecule has 0 spiro atoms. The van der Waals surface area contributed by atoms with Crippen molar-refractivity contribution in [2.45, 2.75) is 25.0 Å². The molecule has 2 aromatic rings. The molecule has 8 heteroatoms. The molecular formula is C20H23N3O4S. The molecular weight excluding hydrogens is 378 g/mol. The minimum atomic E-state index is -3.35. The van der Waals surface area contributed by atoms with E-state index in [0.29, 0.717) is 29.9 Å². The fourth-order valence-electron chi connectivity index (χ4n) is 3.20. The third kappa shape index (κ3) is 4.76. The van der Waals surface area contributed by atoms with Gasteiger partial charge >= 0.3 is 0 Å². The number of nitrogens with one attached hydrogen (secondary N) is 1. The number of nitrogens with two attached hydrogens (primary N) is 1. The van der Waals surface area contributed by atoms with Crippen LogP contribution in [0.1, 0.15) is 45.5 Å². The zero-order valence-corrected chi connectivity index (χ0v) is 16.2. The van der Waals surface area contributed by atoms with Gasteiger partial charge in [0.2, 0.25) is 10.0 Å². The Morgan fingerprint density at radius 3 is 2.25 bits per heavy atom. The van der Waals surface area contributed by atoms with E-state index < -0.39 is 21.8 Å². The van der Waals surface area contributed by atoms with E-state index in [4.69, 9.17) is 5.73 Å². The van der Waals surface area contributed by atoms with Crippen molar-refractivity contribution >= 4 is 27.5 Å². The van der Waals surface area contributed by atoms with Crippen molar-refractivity contribution in [3.05, 3.63) is 65.2 Å². The lowest BCUT2D eigenvalue weighted by Crippen LogP contribution is -2.36. The molecule has 0 saturated carbocycles. The molecule has 0 aliphatic carbocycles. The number of sulfonamides is 1. The van der Waals surface area contributed by atoms with Gasteiger partial charge in [-0.2, -0.15) is 0 Å². The number of hydrogen-bond acceptors (Lipinski definition) is 4. The lowest BCUT2D eigenvalue weighted by atomic mass is 10.1. The summed E-state index contributed by atoms with van der Waals surface area (Å²) in [4.78, 5) is 23.9. The Hall–Kier alpha value is -2.71. The standard InChI is InChI=1S/C20H23N3O4S/c21-19(24)17-6-2-3-7-18(17)22-20(25)16-10-8-15(9-11-16)14-28(26,27)23-12-4-1-5-13-23/h2-3,6-11H,1,4-5,12-14H2,(H2,21,24)(H,22,25). The van der Waals surface area contributed by atoms with Gasteiger partial charge in [0.1, 0.15) is 0 Å². The third-order valence-corrected chi connectivity index (χ3v) is 6.56. The predicted octanol–water partition coefficient (Wildman–Crippen LogP) is 2.35. The van der Waals surface area contributed by atoms with Gasteiger partial charge in [-0.1, -0.05) is 30.7 Å². The number of hydrogen-bond donors (Lipinski definition) is 2. The summed E-state index contributed by atoms with van der Waals surface area (Å²) in [6.45, 7) is 1.14. The maximum atomic E-state index is 12.5. The molecule has 0 bridgehead atoms. The third-order valence-electron chi connectivity index (χ3n) is 4.71. The molecule has 28 heavy (non-hydrogen) atoms. The first-order valence-electron chi connectivity index (χ1n) is 9.14. The van der Waals surface area contributed by atoms with Crippen LogP contribution < -0.4 is 11.1 Å². The lowest BCUT2D eigenvalue weighted by molar-refractivity contribution is 0.100. The van der Waals surface area contributed by atoms with Gasteiger partial charge in [-0.3, -0.25) is 9.59 Å². The van der Waals surface area contributed by atoms with Gasteiger partial charge in [0.15, 0.2) is 0 Å². The Bertz CT molecular complexity index is 965. The largest absolute Gasteiger partial charge is 0.366 e. The van der Waals surface area contributed by atoms with E-state index in [1.54, 1.807) is 42.5 Å². The van der Waals surface area contributed by atoms with Crippen LogP contribution in [0.4, 0.5) is 5.69 Å². The van der Waals surface area contributed by atoms with Gasteiger partial charge in [0.25, 0.3) is 11.8 Å². The second-order valence-electron chi connectivity index (χ2n) is 6.78. The SMILES string of the molecule is NC(=O)c1ccccc1NC(=O)c1ccc(CS(=O)(=O)N2CCCCC2)cc1. The highest BCUT2D eigenvalue weighted by Gasteiger charge is 2.24. The normalized spacial score (nSPS) is 15.1. The molecule has 0 unspecified atom stereocenters. The number of rotatable bonds is 6. The summed E-state index contributed by atoms with van der Waals surface area (Å²) in [5.41, 5.74) is 6.85. The van der Waals surface area contributed by atoms with Gasteiger partial charge in [0.05, 0.1) is 17.0 Å². The Morgan fingerprint density at radius 2 is 1.61 bits per heavy atom. The van der Waals surface area contributed by atoms with E-state index >= 15 is 0 Å². The number of carbonyl (C=O) groups excluding carboxylic acids is 2. The summed E-state index contributed by atoms with van der Waals surface area (Å²) in [5, 5.41) is 2.66. The molecule has 2 aromatic carbocycles. The van der Waals surface area contributed by atoms with Crippen LogP contribution in [-0.2, 0) is 15.8 Å². The van der Waals surface area contributed by atoms with Crippen LogP contribution in [0.15, 0.2) is 48.5 Å². The van der Waals surface area contributed by atoms with E-state index in [0.717, 1.165) is 19.3 Å². The molecule has 1 saturated heterocycles. The molecule has 0 radical (unpaired) electrons. The highest BCUT2D eigenvalue weighted by molar-refractivity contribution is 7.88. The van der Waals surface area contributed by atoms with Crippen molar-refractivity contribution in [1.29, 1.82) is 0 Å². The van der Waals surface area contributed by atoms with Gasteiger partial charge in [-0.25, -0.2) is 12.7 Å². The monoisotopic (exact) mass is 401 g/mol. The van der Waals surface area contributed by atoms with E-state index in [-0.39, 0.29) is 11.3 Å². The molecule has 0 aromatic heterocycles. The Morgan fingerprint density at radius 1 is 0.964 bits per heavy atom. The summed E-state index contributed by atoms with van der Waals surface area (Å²) in [5.74, 6) is -1.12. The highest BCUT2D eigenvalue weighted by atomic mass is 32.2. The van der Waals surface area contributed by atoms with Crippen molar-refractivity contribution in [2.75, 3.05) is 18.4 Å².